The number of para-hydroxylation sites is 1. The predicted octanol–water partition coefficient (Wildman–Crippen LogP) is 4.25. The van der Waals surface area contributed by atoms with E-state index in [1.807, 2.05) is 49.4 Å². The second kappa shape index (κ2) is 8.96. The zero-order chi connectivity index (χ0) is 17.4. The number of carbonyl (C=O) groups is 1. The van der Waals surface area contributed by atoms with Crippen LogP contribution in [0.2, 0.25) is 0 Å². The number of benzene rings is 2. The largest absolute Gasteiger partial charge is 0.464 e. The van der Waals surface area contributed by atoms with Gasteiger partial charge in [-0.2, -0.15) is 0 Å². The third-order valence-electron chi connectivity index (χ3n) is 3.96. The molecule has 0 aliphatic heterocycles. The standard InChI is InChI=1S/C20H26N2O2/c1-4-22(5-2)18-14-12-16(13-15-18)19(20(23)24-6-3)21-17-10-8-7-9-11-17/h7-15,19,21H,4-6H2,1-3H3. The van der Waals surface area contributed by atoms with Gasteiger partial charge in [-0.1, -0.05) is 30.3 Å². The van der Waals surface area contributed by atoms with Crippen LogP contribution >= 0.6 is 0 Å². The second-order valence-electron chi connectivity index (χ2n) is 5.46. The van der Waals surface area contributed by atoms with Crippen molar-refractivity contribution in [2.75, 3.05) is 29.9 Å². The maximum atomic E-state index is 12.4. The molecule has 0 radical (unpaired) electrons. The van der Waals surface area contributed by atoms with Gasteiger partial charge in [-0.05, 0) is 50.6 Å². The first-order valence-electron chi connectivity index (χ1n) is 8.52. The maximum Gasteiger partial charge on any atom is 0.333 e. The van der Waals surface area contributed by atoms with Crippen molar-refractivity contribution in [1.29, 1.82) is 0 Å². The number of anilines is 2. The molecule has 2 aromatic rings. The van der Waals surface area contributed by atoms with Gasteiger partial charge < -0.3 is 15.0 Å². The van der Waals surface area contributed by atoms with Gasteiger partial charge in [-0.15, -0.1) is 0 Å². The average Bonchev–Trinajstić information content (AvgIpc) is 2.62. The van der Waals surface area contributed by atoms with E-state index in [1.165, 1.54) is 0 Å². The number of esters is 1. The quantitative estimate of drug-likeness (QED) is 0.736. The molecule has 2 rings (SSSR count). The summed E-state index contributed by atoms with van der Waals surface area (Å²) >= 11 is 0. The van der Waals surface area contributed by atoms with Crippen LogP contribution in [0.15, 0.2) is 54.6 Å². The Labute approximate surface area is 144 Å². The molecular formula is C20H26N2O2. The lowest BCUT2D eigenvalue weighted by molar-refractivity contribution is -0.144. The van der Waals surface area contributed by atoms with E-state index >= 15 is 0 Å². The SMILES string of the molecule is CCOC(=O)C(Nc1ccccc1)c1ccc(N(CC)CC)cc1. The van der Waals surface area contributed by atoms with Gasteiger partial charge in [0.05, 0.1) is 6.61 Å². The number of carbonyl (C=O) groups excluding carboxylic acids is 1. The molecular weight excluding hydrogens is 300 g/mol. The van der Waals surface area contributed by atoms with E-state index in [0.717, 1.165) is 30.0 Å². The van der Waals surface area contributed by atoms with Crippen molar-refractivity contribution >= 4 is 17.3 Å². The molecule has 4 nitrogen and oxygen atoms in total. The van der Waals surface area contributed by atoms with Gasteiger partial charge >= 0.3 is 5.97 Å². The molecule has 24 heavy (non-hydrogen) atoms. The van der Waals surface area contributed by atoms with Crippen molar-refractivity contribution in [2.24, 2.45) is 0 Å². The molecule has 1 unspecified atom stereocenters. The summed E-state index contributed by atoms with van der Waals surface area (Å²) < 4.78 is 5.24. The average molecular weight is 326 g/mol. The topological polar surface area (TPSA) is 41.6 Å². The van der Waals surface area contributed by atoms with Crippen LogP contribution in [0.5, 0.6) is 0 Å². The van der Waals surface area contributed by atoms with Crippen LogP contribution in [-0.4, -0.2) is 25.7 Å². The fraction of sp³-hybridized carbons (Fsp3) is 0.350. The van der Waals surface area contributed by atoms with Crippen LogP contribution in [0.3, 0.4) is 0 Å². The molecule has 0 aliphatic carbocycles. The molecule has 2 aromatic carbocycles. The molecule has 0 bridgehead atoms. The second-order valence-corrected chi connectivity index (χ2v) is 5.46. The smallest absolute Gasteiger partial charge is 0.333 e. The highest BCUT2D eigenvalue weighted by Crippen LogP contribution is 2.24. The summed E-state index contributed by atoms with van der Waals surface area (Å²) in [6, 6.07) is 17.3. The van der Waals surface area contributed by atoms with Crippen LogP contribution in [0.1, 0.15) is 32.4 Å². The zero-order valence-corrected chi connectivity index (χ0v) is 14.7. The maximum absolute atomic E-state index is 12.4. The fourth-order valence-electron chi connectivity index (χ4n) is 2.67. The number of nitrogens with zero attached hydrogens (tertiary/aromatic N) is 1. The summed E-state index contributed by atoms with van der Waals surface area (Å²) in [7, 11) is 0. The first-order valence-corrected chi connectivity index (χ1v) is 8.52. The van der Waals surface area contributed by atoms with Crippen molar-refractivity contribution in [1.82, 2.24) is 0 Å². The minimum absolute atomic E-state index is 0.267. The van der Waals surface area contributed by atoms with E-state index in [0.29, 0.717) is 6.61 Å². The summed E-state index contributed by atoms with van der Waals surface area (Å²) in [5, 5.41) is 3.27. The number of hydrogen-bond donors (Lipinski definition) is 1. The summed E-state index contributed by atoms with van der Waals surface area (Å²) in [6.07, 6.45) is 0. The van der Waals surface area contributed by atoms with E-state index in [1.54, 1.807) is 0 Å². The normalized spacial score (nSPS) is 11.6. The molecule has 0 saturated carbocycles. The molecule has 0 saturated heterocycles. The first kappa shape index (κ1) is 17.9. The van der Waals surface area contributed by atoms with Gasteiger partial charge in [0.1, 0.15) is 0 Å². The van der Waals surface area contributed by atoms with Crippen LogP contribution in [-0.2, 0) is 9.53 Å². The van der Waals surface area contributed by atoms with Gasteiger partial charge in [0, 0.05) is 24.5 Å². The third-order valence-corrected chi connectivity index (χ3v) is 3.96. The number of ether oxygens (including phenoxy) is 1. The number of rotatable bonds is 8. The highest BCUT2D eigenvalue weighted by Gasteiger charge is 2.22. The van der Waals surface area contributed by atoms with Gasteiger partial charge in [0.2, 0.25) is 0 Å². The van der Waals surface area contributed by atoms with Crippen molar-refractivity contribution in [3.8, 4) is 0 Å². The lowest BCUT2D eigenvalue weighted by atomic mass is 10.1. The van der Waals surface area contributed by atoms with Gasteiger partial charge in [-0.3, -0.25) is 0 Å². The molecule has 1 N–H and O–H groups in total. The summed E-state index contributed by atoms with van der Waals surface area (Å²) in [4.78, 5) is 14.7. The van der Waals surface area contributed by atoms with Crippen molar-refractivity contribution < 1.29 is 9.53 Å². The fourth-order valence-corrected chi connectivity index (χ4v) is 2.67. The highest BCUT2D eigenvalue weighted by atomic mass is 16.5. The molecule has 0 fully saturated rings. The Hall–Kier alpha value is -2.49. The van der Waals surface area contributed by atoms with E-state index in [-0.39, 0.29) is 5.97 Å². The Bertz CT molecular complexity index is 622. The zero-order valence-electron chi connectivity index (χ0n) is 14.7. The molecule has 0 spiro atoms. The molecule has 4 heteroatoms. The van der Waals surface area contributed by atoms with Gasteiger partial charge in [0.25, 0.3) is 0 Å². The summed E-state index contributed by atoms with van der Waals surface area (Å²) in [6.45, 7) is 8.37. The Kier molecular flexibility index (Phi) is 6.67. The van der Waals surface area contributed by atoms with Gasteiger partial charge in [-0.25, -0.2) is 4.79 Å². The lowest BCUT2D eigenvalue weighted by Gasteiger charge is -2.23. The predicted molar refractivity (Wildman–Crippen MR) is 99.4 cm³/mol. The van der Waals surface area contributed by atoms with Crippen LogP contribution in [0.25, 0.3) is 0 Å². The lowest BCUT2D eigenvalue weighted by Crippen LogP contribution is -2.24. The third kappa shape index (κ3) is 4.51. The minimum atomic E-state index is -0.516. The Morgan fingerprint density at radius 3 is 2.17 bits per heavy atom. The Morgan fingerprint density at radius 2 is 1.62 bits per heavy atom. The van der Waals surface area contributed by atoms with E-state index in [4.69, 9.17) is 4.74 Å². The molecule has 0 heterocycles. The molecule has 0 aliphatic rings. The monoisotopic (exact) mass is 326 g/mol. The number of hydrogen-bond acceptors (Lipinski definition) is 4. The van der Waals surface area contributed by atoms with E-state index < -0.39 is 6.04 Å². The molecule has 1 atom stereocenters. The highest BCUT2D eigenvalue weighted by molar-refractivity contribution is 5.81. The van der Waals surface area contributed by atoms with Gasteiger partial charge in [0.15, 0.2) is 6.04 Å². The first-order chi connectivity index (χ1) is 11.7. The Balaban J connectivity index is 2.24. The summed E-state index contributed by atoms with van der Waals surface area (Å²) in [5.74, 6) is -0.267. The van der Waals surface area contributed by atoms with Crippen LogP contribution in [0, 0.1) is 0 Å². The molecule has 0 amide bonds. The van der Waals surface area contributed by atoms with Crippen molar-refractivity contribution in [2.45, 2.75) is 26.8 Å². The van der Waals surface area contributed by atoms with E-state index in [9.17, 15) is 4.79 Å². The van der Waals surface area contributed by atoms with E-state index in [2.05, 4.69) is 36.2 Å². The molecule has 128 valence electrons. The summed E-state index contributed by atoms with van der Waals surface area (Å²) in [5.41, 5.74) is 2.95. The Morgan fingerprint density at radius 1 is 1.00 bits per heavy atom. The molecule has 0 aromatic heterocycles. The minimum Gasteiger partial charge on any atom is -0.464 e. The van der Waals surface area contributed by atoms with Crippen LogP contribution in [0.4, 0.5) is 11.4 Å². The van der Waals surface area contributed by atoms with Crippen molar-refractivity contribution in [3.63, 3.8) is 0 Å². The number of nitrogens with one attached hydrogen (secondary N) is 1. The van der Waals surface area contributed by atoms with Crippen molar-refractivity contribution in [3.05, 3.63) is 60.2 Å². The van der Waals surface area contributed by atoms with Crippen LogP contribution < -0.4 is 10.2 Å².